The Morgan fingerprint density at radius 1 is 1.39 bits per heavy atom. The number of hydrogen-bond acceptors (Lipinski definition) is 4. The predicted octanol–water partition coefficient (Wildman–Crippen LogP) is 1.81. The van der Waals surface area contributed by atoms with Crippen molar-refractivity contribution in [2.75, 3.05) is 13.6 Å². The van der Waals surface area contributed by atoms with Crippen molar-refractivity contribution in [2.45, 2.75) is 58.7 Å². The molecule has 1 aromatic rings. The van der Waals surface area contributed by atoms with Gasteiger partial charge in [0.05, 0.1) is 6.54 Å². The lowest BCUT2D eigenvalue weighted by molar-refractivity contribution is 0.103. The molecule has 0 aliphatic carbocycles. The molecule has 5 heteroatoms. The van der Waals surface area contributed by atoms with E-state index in [1.807, 2.05) is 4.68 Å². The van der Waals surface area contributed by atoms with Crippen molar-refractivity contribution in [1.82, 2.24) is 19.7 Å². The fourth-order valence-corrected chi connectivity index (χ4v) is 2.43. The standard InChI is InChI=1S/C13H27N5/c1-6-13(7-2,9-14)17(5)8-12-15-10-16-18(12)11(3)4/h10-11H,6-9,14H2,1-5H3. The Kier molecular flexibility index (Phi) is 5.28. The molecule has 0 radical (unpaired) electrons. The average molecular weight is 253 g/mol. The van der Waals surface area contributed by atoms with Crippen LogP contribution in [0.3, 0.4) is 0 Å². The second-order valence-corrected chi connectivity index (χ2v) is 5.21. The molecule has 0 atom stereocenters. The lowest BCUT2D eigenvalue weighted by atomic mass is 9.91. The van der Waals surface area contributed by atoms with Crippen LogP contribution in [-0.2, 0) is 6.54 Å². The second-order valence-electron chi connectivity index (χ2n) is 5.21. The first-order valence-corrected chi connectivity index (χ1v) is 6.80. The van der Waals surface area contributed by atoms with E-state index in [1.54, 1.807) is 6.33 Å². The highest BCUT2D eigenvalue weighted by molar-refractivity contribution is 4.93. The molecule has 0 saturated heterocycles. The Labute approximate surface area is 110 Å². The largest absolute Gasteiger partial charge is 0.329 e. The van der Waals surface area contributed by atoms with Gasteiger partial charge in [-0.3, -0.25) is 4.90 Å². The molecule has 1 aromatic heterocycles. The van der Waals surface area contributed by atoms with Gasteiger partial charge in [0.25, 0.3) is 0 Å². The van der Waals surface area contributed by atoms with Crippen LogP contribution in [0.4, 0.5) is 0 Å². The molecular formula is C13H27N5. The molecule has 0 aliphatic rings. The molecule has 0 fully saturated rings. The minimum Gasteiger partial charge on any atom is -0.329 e. The van der Waals surface area contributed by atoms with E-state index in [0.717, 1.165) is 25.2 Å². The Bertz CT molecular complexity index is 346. The number of likely N-dealkylation sites (N-methyl/N-ethyl adjacent to an activating group) is 1. The smallest absolute Gasteiger partial charge is 0.141 e. The van der Waals surface area contributed by atoms with E-state index in [-0.39, 0.29) is 5.54 Å². The van der Waals surface area contributed by atoms with Crippen LogP contribution in [0.5, 0.6) is 0 Å². The van der Waals surface area contributed by atoms with Gasteiger partial charge in [-0.25, -0.2) is 9.67 Å². The summed E-state index contributed by atoms with van der Waals surface area (Å²) in [4.78, 5) is 6.68. The maximum Gasteiger partial charge on any atom is 0.141 e. The molecule has 1 rings (SSSR count). The Hall–Kier alpha value is -0.940. The summed E-state index contributed by atoms with van der Waals surface area (Å²) in [5.41, 5.74) is 6.04. The first-order valence-electron chi connectivity index (χ1n) is 6.80. The van der Waals surface area contributed by atoms with Crippen LogP contribution in [0.15, 0.2) is 6.33 Å². The lowest BCUT2D eigenvalue weighted by Crippen LogP contribution is -2.51. The van der Waals surface area contributed by atoms with Gasteiger partial charge in [0.2, 0.25) is 0 Å². The van der Waals surface area contributed by atoms with Gasteiger partial charge in [0.15, 0.2) is 0 Å². The van der Waals surface area contributed by atoms with Crippen LogP contribution in [0.2, 0.25) is 0 Å². The van der Waals surface area contributed by atoms with Gasteiger partial charge < -0.3 is 5.73 Å². The van der Waals surface area contributed by atoms with E-state index in [1.165, 1.54) is 0 Å². The van der Waals surface area contributed by atoms with Gasteiger partial charge in [0.1, 0.15) is 12.2 Å². The Morgan fingerprint density at radius 2 is 2.00 bits per heavy atom. The number of nitrogens with two attached hydrogens (primary N) is 1. The molecule has 0 saturated carbocycles. The van der Waals surface area contributed by atoms with Gasteiger partial charge in [-0.15, -0.1) is 0 Å². The zero-order chi connectivity index (χ0) is 13.8. The summed E-state index contributed by atoms with van der Waals surface area (Å²) in [7, 11) is 2.12. The summed E-state index contributed by atoms with van der Waals surface area (Å²) in [5, 5.41) is 4.28. The molecule has 104 valence electrons. The predicted molar refractivity (Wildman–Crippen MR) is 74.2 cm³/mol. The summed E-state index contributed by atoms with van der Waals surface area (Å²) in [6.07, 6.45) is 3.73. The second kappa shape index (κ2) is 6.29. The van der Waals surface area contributed by atoms with Crippen LogP contribution >= 0.6 is 0 Å². The molecule has 0 aliphatic heterocycles. The number of hydrogen-bond donors (Lipinski definition) is 1. The lowest BCUT2D eigenvalue weighted by Gasteiger charge is -2.39. The fourth-order valence-electron chi connectivity index (χ4n) is 2.43. The Morgan fingerprint density at radius 3 is 2.44 bits per heavy atom. The van der Waals surface area contributed by atoms with Crippen molar-refractivity contribution in [1.29, 1.82) is 0 Å². The van der Waals surface area contributed by atoms with Crippen molar-refractivity contribution < 1.29 is 0 Å². The van der Waals surface area contributed by atoms with E-state index in [0.29, 0.717) is 12.6 Å². The van der Waals surface area contributed by atoms with Crippen molar-refractivity contribution in [3.8, 4) is 0 Å². The van der Waals surface area contributed by atoms with Crippen molar-refractivity contribution in [3.05, 3.63) is 12.2 Å². The summed E-state index contributed by atoms with van der Waals surface area (Å²) in [6.45, 7) is 10.1. The molecule has 18 heavy (non-hydrogen) atoms. The molecular weight excluding hydrogens is 226 g/mol. The topological polar surface area (TPSA) is 60.0 Å². The summed E-state index contributed by atoms with van der Waals surface area (Å²) in [6, 6.07) is 0.339. The van der Waals surface area contributed by atoms with E-state index < -0.39 is 0 Å². The normalized spacial score (nSPS) is 12.7. The molecule has 0 spiro atoms. The van der Waals surface area contributed by atoms with Crippen LogP contribution in [0.25, 0.3) is 0 Å². The van der Waals surface area contributed by atoms with E-state index >= 15 is 0 Å². The van der Waals surface area contributed by atoms with Gasteiger partial charge in [-0.05, 0) is 33.7 Å². The quantitative estimate of drug-likeness (QED) is 0.805. The first kappa shape index (κ1) is 15.1. The molecule has 0 amide bonds. The zero-order valence-electron chi connectivity index (χ0n) is 12.3. The Balaban J connectivity index is 2.86. The van der Waals surface area contributed by atoms with Crippen molar-refractivity contribution in [2.24, 2.45) is 5.73 Å². The molecule has 2 N–H and O–H groups in total. The van der Waals surface area contributed by atoms with Crippen molar-refractivity contribution >= 4 is 0 Å². The first-order chi connectivity index (χ1) is 8.50. The van der Waals surface area contributed by atoms with Crippen LogP contribution < -0.4 is 5.73 Å². The monoisotopic (exact) mass is 253 g/mol. The van der Waals surface area contributed by atoms with Gasteiger partial charge >= 0.3 is 0 Å². The molecule has 5 nitrogen and oxygen atoms in total. The third kappa shape index (κ3) is 2.90. The highest BCUT2D eigenvalue weighted by Gasteiger charge is 2.30. The molecule has 0 aromatic carbocycles. The summed E-state index contributed by atoms with van der Waals surface area (Å²) >= 11 is 0. The number of nitrogens with zero attached hydrogens (tertiary/aromatic N) is 4. The zero-order valence-corrected chi connectivity index (χ0v) is 12.3. The SMILES string of the molecule is CCC(CC)(CN)N(C)Cc1ncnn1C(C)C. The minimum absolute atomic E-state index is 0.0633. The van der Waals surface area contributed by atoms with Crippen LogP contribution in [0, 0.1) is 0 Å². The van der Waals surface area contributed by atoms with Crippen molar-refractivity contribution in [3.63, 3.8) is 0 Å². The highest BCUT2D eigenvalue weighted by atomic mass is 15.4. The average Bonchev–Trinajstić information content (AvgIpc) is 2.80. The minimum atomic E-state index is 0.0633. The molecule has 1 heterocycles. The van der Waals surface area contributed by atoms with Crippen LogP contribution in [-0.4, -0.2) is 38.8 Å². The third-order valence-corrected chi connectivity index (χ3v) is 4.02. The molecule has 0 unspecified atom stereocenters. The fraction of sp³-hybridized carbons (Fsp3) is 0.846. The maximum atomic E-state index is 5.97. The van der Waals surface area contributed by atoms with Gasteiger partial charge in [-0.2, -0.15) is 5.10 Å². The maximum absolute atomic E-state index is 5.97. The summed E-state index contributed by atoms with van der Waals surface area (Å²) in [5.74, 6) is 1.01. The van der Waals surface area contributed by atoms with E-state index in [4.69, 9.17) is 5.73 Å². The van der Waals surface area contributed by atoms with Gasteiger partial charge in [-0.1, -0.05) is 13.8 Å². The van der Waals surface area contributed by atoms with Crippen LogP contribution in [0.1, 0.15) is 52.4 Å². The number of rotatable bonds is 7. The van der Waals surface area contributed by atoms with Gasteiger partial charge in [0, 0.05) is 18.1 Å². The molecule has 0 bridgehead atoms. The number of aromatic nitrogens is 3. The van der Waals surface area contributed by atoms with E-state index in [2.05, 4.69) is 49.7 Å². The van der Waals surface area contributed by atoms with E-state index in [9.17, 15) is 0 Å². The summed E-state index contributed by atoms with van der Waals surface area (Å²) < 4.78 is 1.98. The highest BCUT2D eigenvalue weighted by Crippen LogP contribution is 2.23. The third-order valence-electron chi connectivity index (χ3n) is 4.02.